The molecule has 3 nitrogen and oxygen atoms in total. The van der Waals surface area contributed by atoms with Crippen molar-refractivity contribution in [3.05, 3.63) is 35.5 Å². The predicted molar refractivity (Wildman–Crippen MR) is 74.8 cm³/mol. The van der Waals surface area contributed by atoms with Crippen LogP contribution in [-0.2, 0) is 4.79 Å². The first-order valence-electron chi connectivity index (χ1n) is 6.72. The van der Waals surface area contributed by atoms with Gasteiger partial charge < -0.3 is 10.4 Å². The normalized spacial score (nSPS) is 29.9. The number of benzene rings is 1. The Hall–Kier alpha value is -1.77. The van der Waals surface area contributed by atoms with E-state index in [0.29, 0.717) is 23.9 Å². The molecule has 0 heterocycles. The Balaban J connectivity index is 1.91. The minimum Gasteiger partial charge on any atom is -0.506 e. The molecule has 0 amide bonds. The summed E-state index contributed by atoms with van der Waals surface area (Å²) >= 11 is 0. The number of carbonyl (C=O) groups excluding carboxylic acids is 1. The Bertz CT molecular complexity index is 586. The Labute approximate surface area is 113 Å². The first kappa shape index (κ1) is 12.3. The van der Waals surface area contributed by atoms with Gasteiger partial charge in [-0.1, -0.05) is 26.0 Å². The number of phenols is 1. The number of phenolic OH excluding ortho intramolecular Hbond substituents is 1. The number of anilines is 1. The maximum Gasteiger partial charge on any atom is 0.161 e. The molecule has 2 N–H and O–H groups in total. The van der Waals surface area contributed by atoms with E-state index in [4.69, 9.17) is 0 Å². The average molecular weight is 257 g/mol. The molecule has 100 valence electrons. The van der Waals surface area contributed by atoms with Crippen molar-refractivity contribution in [1.82, 2.24) is 0 Å². The number of fused-ring (bicyclic) bond motifs is 1. The molecule has 19 heavy (non-hydrogen) atoms. The number of Topliss-reactive ketones (excluding diaryl/α,β-unsaturated/α-hetero) is 1. The van der Waals surface area contributed by atoms with Crippen LogP contribution >= 0.6 is 0 Å². The molecule has 2 atom stereocenters. The Kier molecular flexibility index (Phi) is 2.49. The summed E-state index contributed by atoms with van der Waals surface area (Å²) < 4.78 is 0. The number of carbonyl (C=O) groups is 1. The van der Waals surface area contributed by atoms with Crippen molar-refractivity contribution in [1.29, 1.82) is 0 Å². The summed E-state index contributed by atoms with van der Waals surface area (Å²) in [7, 11) is 0. The highest BCUT2D eigenvalue weighted by atomic mass is 16.3. The molecule has 0 radical (unpaired) electrons. The van der Waals surface area contributed by atoms with Gasteiger partial charge >= 0.3 is 0 Å². The highest BCUT2D eigenvalue weighted by molar-refractivity contribution is 6.01. The SMILES string of the molecule is CC(Nc1ccccc1O)=C1C(=O)C[C@@H]2[C@H]1C2(C)C. The highest BCUT2D eigenvalue weighted by Gasteiger charge is 2.65. The van der Waals surface area contributed by atoms with E-state index in [1.807, 2.05) is 19.1 Å². The number of hydrogen-bond acceptors (Lipinski definition) is 3. The zero-order chi connectivity index (χ0) is 13.8. The van der Waals surface area contributed by atoms with Gasteiger partial charge in [-0.2, -0.15) is 0 Å². The minimum absolute atomic E-state index is 0.208. The number of ketones is 1. The van der Waals surface area contributed by atoms with Gasteiger partial charge in [-0.3, -0.25) is 4.79 Å². The molecule has 0 aromatic heterocycles. The predicted octanol–water partition coefficient (Wildman–Crippen LogP) is 3.32. The molecule has 0 bridgehead atoms. The van der Waals surface area contributed by atoms with Gasteiger partial charge in [-0.15, -0.1) is 0 Å². The van der Waals surface area contributed by atoms with Crippen LogP contribution in [0.3, 0.4) is 0 Å². The van der Waals surface area contributed by atoms with Gasteiger partial charge in [0.2, 0.25) is 0 Å². The largest absolute Gasteiger partial charge is 0.506 e. The monoisotopic (exact) mass is 257 g/mol. The van der Waals surface area contributed by atoms with Crippen LogP contribution < -0.4 is 5.32 Å². The molecule has 2 aliphatic rings. The van der Waals surface area contributed by atoms with Crippen LogP contribution in [0.5, 0.6) is 5.75 Å². The second-order valence-corrected chi connectivity index (χ2v) is 6.21. The number of hydrogen-bond donors (Lipinski definition) is 2. The highest BCUT2D eigenvalue weighted by Crippen LogP contribution is 2.68. The minimum atomic E-state index is 0.208. The van der Waals surface area contributed by atoms with Gasteiger partial charge in [0.15, 0.2) is 5.78 Å². The molecule has 0 saturated heterocycles. The van der Waals surface area contributed by atoms with E-state index in [9.17, 15) is 9.90 Å². The van der Waals surface area contributed by atoms with Crippen molar-refractivity contribution in [2.75, 3.05) is 5.32 Å². The molecule has 3 rings (SSSR count). The third-order valence-corrected chi connectivity index (χ3v) is 4.70. The lowest BCUT2D eigenvalue weighted by atomic mass is 9.95. The maximum absolute atomic E-state index is 12.1. The summed E-state index contributed by atoms with van der Waals surface area (Å²) in [5.41, 5.74) is 2.72. The maximum atomic E-state index is 12.1. The quantitative estimate of drug-likeness (QED) is 0.631. The van der Waals surface area contributed by atoms with Gasteiger partial charge in [-0.25, -0.2) is 0 Å². The van der Waals surface area contributed by atoms with Crippen molar-refractivity contribution < 1.29 is 9.90 Å². The topological polar surface area (TPSA) is 49.3 Å². The van der Waals surface area contributed by atoms with Gasteiger partial charge in [-0.05, 0) is 36.3 Å². The summed E-state index contributed by atoms with van der Waals surface area (Å²) in [5, 5.41) is 13.0. The first-order chi connectivity index (χ1) is 8.93. The van der Waals surface area contributed by atoms with Crippen LogP contribution in [-0.4, -0.2) is 10.9 Å². The van der Waals surface area contributed by atoms with Crippen molar-refractivity contribution in [3.63, 3.8) is 0 Å². The molecule has 0 aliphatic heterocycles. The fraction of sp³-hybridized carbons (Fsp3) is 0.438. The lowest BCUT2D eigenvalue weighted by Gasteiger charge is -2.15. The Morgan fingerprint density at radius 1 is 1.37 bits per heavy atom. The number of nitrogens with one attached hydrogen (secondary N) is 1. The van der Waals surface area contributed by atoms with E-state index in [1.54, 1.807) is 12.1 Å². The van der Waals surface area contributed by atoms with Crippen LogP contribution in [0.2, 0.25) is 0 Å². The van der Waals surface area contributed by atoms with Crippen LogP contribution in [0, 0.1) is 17.3 Å². The Morgan fingerprint density at radius 3 is 2.68 bits per heavy atom. The van der Waals surface area contributed by atoms with Crippen LogP contribution in [0.25, 0.3) is 0 Å². The molecule has 1 aromatic carbocycles. The molecule has 2 saturated carbocycles. The molecule has 2 fully saturated rings. The molecule has 1 aromatic rings. The van der Waals surface area contributed by atoms with Crippen molar-refractivity contribution in [2.24, 2.45) is 17.3 Å². The zero-order valence-corrected chi connectivity index (χ0v) is 11.5. The summed E-state index contributed by atoms with van der Waals surface area (Å²) in [4.78, 5) is 12.1. The molecule has 0 unspecified atom stereocenters. The first-order valence-corrected chi connectivity index (χ1v) is 6.72. The second-order valence-electron chi connectivity index (χ2n) is 6.21. The lowest BCUT2D eigenvalue weighted by molar-refractivity contribution is -0.115. The number of para-hydroxylation sites is 2. The van der Waals surface area contributed by atoms with Gasteiger partial charge in [0.05, 0.1) is 5.69 Å². The van der Waals surface area contributed by atoms with Gasteiger partial charge in [0, 0.05) is 17.7 Å². The van der Waals surface area contributed by atoms with Crippen molar-refractivity contribution >= 4 is 11.5 Å². The van der Waals surface area contributed by atoms with Crippen LogP contribution in [0.4, 0.5) is 5.69 Å². The summed E-state index contributed by atoms with van der Waals surface area (Å²) in [6.07, 6.45) is 0.673. The van der Waals surface area contributed by atoms with Gasteiger partial charge in [0.25, 0.3) is 0 Å². The van der Waals surface area contributed by atoms with E-state index in [1.165, 1.54) is 0 Å². The second kappa shape index (κ2) is 3.86. The average Bonchev–Trinajstić information content (AvgIpc) is 2.72. The summed E-state index contributed by atoms with van der Waals surface area (Å²) in [6, 6.07) is 7.10. The fourth-order valence-electron chi connectivity index (χ4n) is 3.47. The number of aromatic hydroxyl groups is 1. The summed E-state index contributed by atoms with van der Waals surface area (Å²) in [5.74, 6) is 1.36. The van der Waals surface area contributed by atoms with E-state index in [2.05, 4.69) is 19.2 Å². The lowest BCUT2D eigenvalue weighted by Crippen LogP contribution is -2.12. The van der Waals surface area contributed by atoms with Crippen molar-refractivity contribution in [3.8, 4) is 5.75 Å². The fourth-order valence-corrected chi connectivity index (χ4v) is 3.47. The van der Waals surface area contributed by atoms with E-state index in [-0.39, 0.29) is 16.9 Å². The zero-order valence-electron chi connectivity index (χ0n) is 11.5. The smallest absolute Gasteiger partial charge is 0.161 e. The molecular formula is C16H19NO2. The summed E-state index contributed by atoms with van der Waals surface area (Å²) in [6.45, 7) is 6.38. The number of allylic oxidation sites excluding steroid dienone is 2. The van der Waals surface area contributed by atoms with E-state index in [0.717, 1.165) is 11.3 Å². The standard InChI is InChI=1S/C16H19NO2/c1-9(17-11-6-4-5-7-12(11)18)14-13(19)8-10-15(14)16(10,2)3/h4-7,10,15,17-18H,8H2,1-3H3/t10-,15-/m1/s1. The third-order valence-electron chi connectivity index (χ3n) is 4.70. The Morgan fingerprint density at radius 2 is 2.05 bits per heavy atom. The van der Waals surface area contributed by atoms with Crippen LogP contribution in [0.1, 0.15) is 27.2 Å². The third kappa shape index (κ3) is 1.76. The molecule has 3 heteroatoms. The molecule has 0 spiro atoms. The molecule has 2 aliphatic carbocycles. The van der Waals surface area contributed by atoms with E-state index >= 15 is 0 Å². The number of rotatable bonds is 2. The van der Waals surface area contributed by atoms with Crippen molar-refractivity contribution in [2.45, 2.75) is 27.2 Å². The molecular weight excluding hydrogens is 238 g/mol. The van der Waals surface area contributed by atoms with E-state index < -0.39 is 0 Å². The van der Waals surface area contributed by atoms with Crippen LogP contribution in [0.15, 0.2) is 35.5 Å². The van der Waals surface area contributed by atoms with Gasteiger partial charge in [0.1, 0.15) is 5.75 Å².